The fraction of sp³-hybridized carbons (Fsp3) is 0.233. The van der Waals surface area contributed by atoms with Crippen LogP contribution in [0.3, 0.4) is 0 Å². The van der Waals surface area contributed by atoms with Gasteiger partial charge >= 0.3 is 0 Å². The van der Waals surface area contributed by atoms with Gasteiger partial charge in [-0.25, -0.2) is 0 Å². The van der Waals surface area contributed by atoms with Crippen molar-refractivity contribution in [2.45, 2.75) is 19.0 Å². The predicted octanol–water partition coefficient (Wildman–Crippen LogP) is 5.76. The zero-order valence-corrected chi connectivity index (χ0v) is 21.0. The van der Waals surface area contributed by atoms with Crippen molar-refractivity contribution in [2.24, 2.45) is 0 Å². The molecule has 0 atom stereocenters. The van der Waals surface area contributed by atoms with E-state index in [0.29, 0.717) is 0 Å². The molecule has 3 nitrogen and oxygen atoms in total. The molecular weight excluding hydrogens is 433 g/mol. The molecule has 1 heterocycles. The van der Waals surface area contributed by atoms with Gasteiger partial charge in [0.15, 0.2) is 0 Å². The van der Waals surface area contributed by atoms with E-state index in [9.17, 15) is 5.26 Å². The molecule has 0 saturated carbocycles. The number of allylic oxidation sites excluding steroid dienone is 2. The molecule has 4 rings (SSSR count). The number of hydrogen-bond donors (Lipinski definition) is 0. The summed E-state index contributed by atoms with van der Waals surface area (Å²) in [5.74, 6) is 0. The number of rotatable bonds is 8. The van der Waals surface area contributed by atoms with Gasteiger partial charge in [0, 0.05) is 33.4 Å². The maximum absolute atomic E-state index is 10.9. The molecule has 4 heteroatoms. The Morgan fingerprint density at radius 2 is 1.35 bits per heavy atom. The summed E-state index contributed by atoms with van der Waals surface area (Å²) in [6.45, 7) is 1.99. The van der Waals surface area contributed by atoms with Crippen LogP contribution < -0.4 is 10.6 Å². The maximum Gasteiger partial charge on any atom is 0.203 e. The van der Waals surface area contributed by atoms with E-state index in [1.165, 1.54) is 29.0 Å². The van der Waals surface area contributed by atoms with Gasteiger partial charge in [-0.3, -0.25) is 0 Å². The van der Waals surface area contributed by atoms with Crippen LogP contribution in [-0.2, 0) is 6.16 Å². The third kappa shape index (κ3) is 5.09. The third-order valence-corrected chi connectivity index (χ3v) is 10.7. The molecule has 0 spiro atoms. The minimum Gasteiger partial charge on any atom is -0.383 e. The van der Waals surface area contributed by atoms with Gasteiger partial charge in [0.05, 0.1) is 11.9 Å². The Hall–Kier alpha value is -3.34. The largest absolute Gasteiger partial charge is 0.383 e. The van der Waals surface area contributed by atoms with Gasteiger partial charge in [-0.1, -0.05) is 66.7 Å². The van der Waals surface area contributed by atoms with Crippen LogP contribution in [0.2, 0.25) is 0 Å². The fourth-order valence-electron chi connectivity index (χ4n) is 4.74. The van der Waals surface area contributed by atoms with Crippen molar-refractivity contribution in [3.63, 3.8) is 0 Å². The first-order valence-corrected chi connectivity index (χ1v) is 13.9. The molecule has 1 fully saturated rings. The van der Waals surface area contributed by atoms with E-state index in [1.807, 2.05) is 19.0 Å². The second-order valence-electron chi connectivity index (χ2n) is 8.94. The van der Waals surface area contributed by atoms with Crippen molar-refractivity contribution in [3.05, 3.63) is 120 Å². The van der Waals surface area contributed by atoms with Crippen LogP contribution in [0.4, 0.5) is 0 Å². The zero-order valence-electron chi connectivity index (χ0n) is 20.1. The Balaban J connectivity index is 2.07. The van der Waals surface area contributed by atoms with Crippen LogP contribution in [0.5, 0.6) is 0 Å². The van der Waals surface area contributed by atoms with Crippen LogP contribution in [0, 0.1) is 11.3 Å². The van der Waals surface area contributed by atoms with Crippen molar-refractivity contribution < 1.29 is 0 Å². The predicted molar refractivity (Wildman–Crippen MR) is 145 cm³/mol. The van der Waals surface area contributed by atoms with E-state index >= 15 is 0 Å². The lowest BCUT2D eigenvalue weighted by Gasteiger charge is -2.30. The Labute approximate surface area is 205 Å². The third-order valence-electron chi connectivity index (χ3n) is 6.36. The number of hydrogen-bond acceptors (Lipinski definition) is 3. The number of likely N-dealkylation sites (tertiary alicyclic amines) is 1. The molecular formula is C30H33N3P+. The van der Waals surface area contributed by atoms with E-state index in [-0.39, 0.29) is 0 Å². The van der Waals surface area contributed by atoms with Gasteiger partial charge in [-0.05, 0) is 48.7 Å². The molecule has 0 amide bonds. The molecule has 0 radical (unpaired) electrons. The molecule has 1 aliphatic heterocycles. The molecule has 1 aliphatic rings. The minimum atomic E-state index is -2.29. The molecule has 1 saturated heterocycles. The van der Waals surface area contributed by atoms with Crippen molar-refractivity contribution in [2.75, 3.05) is 27.2 Å². The summed E-state index contributed by atoms with van der Waals surface area (Å²) >= 11 is 0. The van der Waals surface area contributed by atoms with Gasteiger partial charge < -0.3 is 9.80 Å². The first-order valence-electron chi connectivity index (χ1n) is 11.9. The van der Waals surface area contributed by atoms with Crippen LogP contribution in [0.15, 0.2) is 114 Å². The van der Waals surface area contributed by atoms with Crippen LogP contribution in [0.25, 0.3) is 0 Å². The molecule has 172 valence electrons. The SMILES string of the molecule is CN(C)/C=C/C(=C(/C#N)[P+](Cc1ccccc1)(c1ccccc1)c1ccccc1)N1CCCC1. The lowest BCUT2D eigenvalue weighted by molar-refractivity contribution is 0.437. The molecule has 0 aliphatic carbocycles. The lowest BCUT2D eigenvalue weighted by Crippen LogP contribution is -2.29. The zero-order chi connectivity index (χ0) is 23.8. The summed E-state index contributed by atoms with van der Waals surface area (Å²) in [5, 5.41) is 14.3. The first kappa shape index (κ1) is 23.8. The average molecular weight is 467 g/mol. The Bertz CT molecular complexity index is 1120. The van der Waals surface area contributed by atoms with E-state index in [4.69, 9.17) is 0 Å². The highest BCUT2D eigenvalue weighted by Gasteiger charge is 2.50. The smallest absolute Gasteiger partial charge is 0.203 e. The number of nitrogens with zero attached hydrogens (tertiary/aromatic N) is 3. The molecule has 0 bridgehead atoms. The topological polar surface area (TPSA) is 30.3 Å². The average Bonchev–Trinajstić information content (AvgIpc) is 3.42. The molecule has 0 unspecified atom stereocenters. The van der Waals surface area contributed by atoms with Crippen molar-refractivity contribution in [1.82, 2.24) is 9.80 Å². The van der Waals surface area contributed by atoms with E-state index < -0.39 is 7.26 Å². The van der Waals surface area contributed by atoms with Crippen LogP contribution in [0.1, 0.15) is 18.4 Å². The summed E-state index contributed by atoms with van der Waals surface area (Å²) < 4.78 is 0. The van der Waals surface area contributed by atoms with E-state index in [1.54, 1.807) is 0 Å². The monoisotopic (exact) mass is 466 g/mol. The molecule has 34 heavy (non-hydrogen) atoms. The van der Waals surface area contributed by atoms with Crippen molar-refractivity contribution in [3.8, 4) is 6.07 Å². The van der Waals surface area contributed by atoms with Gasteiger partial charge in [0.25, 0.3) is 0 Å². The van der Waals surface area contributed by atoms with Crippen LogP contribution >= 0.6 is 7.26 Å². The Kier molecular flexibility index (Phi) is 7.84. The maximum atomic E-state index is 10.9. The summed E-state index contributed by atoms with van der Waals surface area (Å²) in [4.78, 5) is 4.47. The lowest BCUT2D eigenvalue weighted by atomic mass is 10.2. The highest BCUT2D eigenvalue weighted by atomic mass is 31.2. The summed E-state index contributed by atoms with van der Waals surface area (Å²) in [5.41, 5.74) is 2.33. The second kappa shape index (κ2) is 11.2. The minimum absolute atomic E-state index is 0.817. The fourth-order valence-corrected chi connectivity index (χ4v) is 8.98. The summed E-state index contributed by atoms with van der Waals surface area (Å²) in [7, 11) is 1.77. The number of benzene rings is 3. The van der Waals surface area contributed by atoms with Crippen molar-refractivity contribution >= 4 is 17.9 Å². The van der Waals surface area contributed by atoms with Gasteiger partial charge in [0.1, 0.15) is 23.9 Å². The summed E-state index contributed by atoms with van der Waals surface area (Å²) in [6.07, 6.45) is 7.39. The Morgan fingerprint density at radius 1 is 0.853 bits per heavy atom. The summed E-state index contributed by atoms with van der Waals surface area (Å²) in [6, 6.07) is 34.9. The van der Waals surface area contributed by atoms with E-state index in [2.05, 4.69) is 114 Å². The standard InChI is InChI=1S/C30H33N3P/c1-32(2)23-20-29(33-21-12-13-22-33)30(24-31)34(27-16-8-4-9-17-27,28-18-10-5-11-19-28)25-26-14-6-3-7-15-26/h3-11,14-20,23H,12-13,21-22,25H2,1-2H3/q+1/b23-20+,30-29+. The van der Waals surface area contributed by atoms with E-state index in [0.717, 1.165) is 30.3 Å². The highest BCUT2D eigenvalue weighted by Crippen LogP contribution is 2.66. The first-order chi connectivity index (χ1) is 16.6. The molecule has 0 aromatic heterocycles. The van der Waals surface area contributed by atoms with Crippen LogP contribution in [-0.4, -0.2) is 37.0 Å². The molecule has 0 N–H and O–H groups in total. The van der Waals surface area contributed by atoms with Gasteiger partial charge in [0.2, 0.25) is 5.31 Å². The normalized spacial score (nSPS) is 14.7. The van der Waals surface area contributed by atoms with Gasteiger partial charge in [-0.15, -0.1) is 0 Å². The quantitative estimate of drug-likeness (QED) is 0.240. The highest BCUT2D eigenvalue weighted by molar-refractivity contribution is 7.92. The second-order valence-corrected chi connectivity index (χ2v) is 12.4. The Morgan fingerprint density at radius 3 is 1.82 bits per heavy atom. The molecule has 3 aromatic carbocycles. The van der Waals surface area contributed by atoms with Gasteiger partial charge in [-0.2, -0.15) is 5.26 Å². The van der Waals surface area contributed by atoms with Crippen molar-refractivity contribution in [1.29, 1.82) is 5.26 Å². The molecule has 3 aromatic rings. The number of nitriles is 1.